The zero-order valence-corrected chi connectivity index (χ0v) is 15.8. The van der Waals surface area contributed by atoms with Gasteiger partial charge in [-0.05, 0) is 0 Å². The van der Waals surface area contributed by atoms with Crippen LogP contribution in [0.2, 0.25) is 0 Å². The van der Waals surface area contributed by atoms with Crippen LogP contribution in [0.5, 0.6) is 0 Å². The first-order valence-corrected chi connectivity index (χ1v) is 11.0. The third-order valence-corrected chi connectivity index (χ3v) is 7.27. The van der Waals surface area contributed by atoms with Gasteiger partial charge in [0, 0.05) is 0 Å². The normalized spacial score (nSPS) is 9.92. The molecule has 0 atom stereocenters. The molecule has 0 bridgehead atoms. The van der Waals surface area contributed by atoms with Gasteiger partial charge < -0.3 is 0 Å². The summed E-state index contributed by atoms with van der Waals surface area (Å²) in [4.78, 5) is 24.8. The molecule has 0 radical (unpaired) electrons. The van der Waals surface area contributed by atoms with Crippen LogP contribution in [-0.2, 0) is 7.06 Å². The molecule has 4 nitrogen and oxygen atoms in total. The molecule has 3 aromatic carbocycles. The summed E-state index contributed by atoms with van der Waals surface area (Å²) < 4.78 is 12.0. The molecule has 3 rings (SSSR count). The summed E-state index contributed by atoms with van der Waals surface area (Å²) in [6.07, 6.45) is 0. The average molecular weight is 389 g/mol. The average Bonchev–Trinajstić information content (AvgIpc) is 2.69. The maximum absolute atomic E-state index is 12.4. The number of carbonyl (C=O) groups excluding carboxylic acids is 2. The van der Waals surface area contributed by atoms with Crippen LogP contribution < -0.4 is 4.12 Å². The van der Waals surface area contributed by atoms with Crippen molar-refractivity contribution < 1.29 is 16.6 Å². The van der Waals surface area contributed by atoms with Gasteiger partial charge in [-0.15, -0.1) is 0 Å². The molecular formula is C20H15GaO4. The molecule has 25 heavy (non-hydrogen) atoms. The second-order valence-electron chi connectivity index (χ2n) is 5.29. The molecule has 0 unspecified atom stereocenters. The molecule has 122 valence electrons. The van der Waals surface area contributed by atoms with Crippen molar-refractivity contribution in [3.63, 3.8) is 0 Å². The topological polar surface area (TPSA) is 52.6 Å². The van der Waals surface area contributed by atoms with Crippen molar-refractivity contribution in [3.05, 3.63) is 102 Å². The molecular weight excluding hydrogens is 374 g/mol. The van der Waals surface area contributed by atoms with Gasteiger partial charge in [-0.2, -0.15) is 0 Å². The molecule has 0 saturated heterocycles. The molecule has 0 aliphatic carbocycles. The van der Waals surface area contributed by atoms with E-state index in [1.807, 2.05) is 42.5 Å². The van der Waals surface area contributed by atoms with Crippen molar-refractivity contribution in [1.29, 1.82) is 0 Å². The van der Waals surface area contributed by atoms with E-state index < -0.39 is 28.9 Å². The molecule has 0 heterocycles. The van der Waals surface area contributed by atoms with E-state index in [1.54, 1.807) is 48.5 Å². The van der Waals surface area contributed by atoms with Crippen molar-refractivity contribution in [2.24, 2.45) is 0 Å². The van der Waals surface area contributed by atoms with E-state index in [1.165, 1.54) is 0 Å². The summed E-state index contributed by atoms with van der Waals surface area (Å²) in [6.45, 7) is 0. The zero-order chi connectivity index (χ0) is 17.5. The molecule has 0 aliphatic rings. The Balaban J connectivity index is 1.81. The van der Waals surface area contributed by atoms with E-state index in [9.17, 15) is 9.59 Å². The van der Waals surface area contributed by atoms with Gasteiger partial charge in [0.2, 0.25) is 0 Å². The number of hydrogen-bond acceptors (Lipinski definition) is 4. The van der Waals surface area contributed by atoms with Crippen LogP contribution in [0.3, 0.4) is 0 Å². The maximum atomic E-state index is 12.4. The van der Waals surface area contributed by atoms with Gasteiger partial charge >= 0.3 is 152 Å². The predicted octanol–water partition coefficient (Wildman–Crippen LogP) is 3.10. The second kappa shape index (κ2) is 8.37. The Morgan fingerprint density at radius 2 is 0.920 bits per heavy atom. The van der Waals surface area contributed by atoms with E-state index in [4.69, 9.17) is 7.06 Å². The van der Waals surface area contributed by atoms with Crippen LogP contribution in [0.1, 0.15) is 20.7 Å². The Hall–Kier alpha value is -2.76. The van der Waals surface area contributed by atoms with Gasteiger partial charge in [-0.25, -0.2) is 0 Å². The van der Waals surface area contributed by atoms with E-state index in [0.717, 1.165) is 4.12 Å². The zero-order valence-electron chi connectivity index (χ0n) is 13.4. The van der Waals surface area contributed by atoms with E-state index in [0.29, 0.717) is 11.1 Å². The Labute approximate surface area is 151 Å². The molecule has 0 amide bonds. The monoisotopic (exact) mass is 388 g/mol. The van der Waals surface area contributed by atoms with Crippen molar-refractivity contribution in [2.45, 2.75) is 0 Å². The van der Waals surface area contributed by atoms with Gasteiger partial charge in [0.05, 0.1) is 0 Å². The fourth-order valence-electron chi connectivity index (χ4n) is 2.25. The molecule has 0 aromatic heterocycles. The fourth-order valence-corrected chi connectivity index (χ4v) is 5.43. The first-order valence-electron chi connectivity index (χ1n) is 7.81. The number of rotatable bonds is 5. The van der Waals surface area contributed by atoms with Crippen LogP contribution in [-0.4, -0.2) is 28.9 Å². The summed E-state index contributed by atoms with van der Waals surface area (Å²) in [6, 6.07) is 26.5. The summed E-state index contributed by atoms with van der Waals surface area (Å²) in [5.74, 6) is -0.953. The Morgan fingerprint density at radius 3 is 1.32 bits per heavy atom. The van der Waals surface area contributed by atoms with E-state index >= 15 is 0 Å². The molecule has 0 aliphatic heterocycles. The first kappa shape index (κ1) is 17.1. The molecule has 5 heteroatoms. The summed E-state index contributed by atoms with van der Waals surface area (Å²) >= 11 is -3.31. The third-order valence-electron chi connectivity index (χ3n) is 3.52. The summed E-state index contributed by atoms with van der Waals surface area (Å²) in [5, 5.41) is 0. The third kappa shape index (κ3) is 4.62. The van der Waals surface area contributed by atoms with Crippen LogP contribution in [0.25, 0.3) is 0 Å². The van der Waals surface area contributed by atoms with Crippen LogP contribution in [0.4, 0.5) is 0 Å². The standard InChI is InChI=1S/2C7H6O2.C6H5.Ga/c2*8-7(9)6-4-2-1-3-5-6;1-2-4-6-5-3-1;/h2*1-5H,(H,8,9);1-5H;/q;;;+2/p-2. The van der Waals surface area contributed by atoms with Gasteiger partial charge in [-0.3, -0.25) is 0 Å². The molecule has 0 N–H and O–H groups in total. The Morgan fingerprint density at radius 1 is 0.560 bits per heavy atom. The van der Waals surface area contributed by atoms with Crippen molar-refractivity contribution in [3.8, 4) is 0 Å². The molecule has 3 aromatic rings. The molecule has 0 spiro atoms. The fraction of sp³-hybridized carbons (Fsp3) is 0. The van der Waals surface area contributed by atoms with Gasteiger partial charge in [0.1, 0.15) is 0 Å². The summed E-state index contributed by atoms with van der Waals surface area (Å²) in [7, 11) is 0. The Bertz CT molecular complexity index is 782. The van der Waals surface area contributed by atoms with Gasteiger partial charge in [0.25, 0.3) is 0 Å². The predicted molar refractivity (Wildman–Crippen MR) is 95.5 cm³/mol. The minimum atomic E-state index is -3.31. The van der Waals surface area contributed by atoms with Crippen LogP contribution in [0, 0.1) is 0 Å². The van der Waals surface area contributed by atoms with Crippen molar-refractivity contribution >= 4 is 33.0 Å². The summed E-state index contributed by atoms with van der Waals surface area (Å²) in [5.41, 5.74) is 0.870. The van der Waals surface area contributed by atoms with Crippen molar-refractivity contribution in [1.82, 2.24) is 0 Å². The van der Waals surface area contributed by atoms with Crippen molar-refractivity contribution in [2.75, 3.05) is 0 Å². The number of carbonyl (C=O) groups is 2. The van der Waals surface area contributed by atoms with Gasteiger partial charge in [0.15, 0.2) is 0 Å². The minimum absolute atomic E-state index is 0.435. The SMILES string of the molecule is O=C([O][Ga]([O]C(=O)c1ccccc1)[c]1ccccc1)c1ccccc1. The van der Waals surface area contributed by atoms with Gasteiger partial charge in [-0.1, -0.05) is 0 Å². The first-order chi connectivity index (χ1) is 12.2. The molecule has 0 fully saturated rings. The Kier molecular flexibility index (Phi) is 5.71. The molecule has 0 saturated carbocycles. The number of hydrogen-bond donors (Lipinski definition) is 0. The van der Waals surface area contributed by atoms with E-state index in [2.05, 4.69) is 0 Å². The quantitative estimate of drug-likeness (QED) is 0.630. The number of benzene rings is 3. The second-order valence-corrected chi connectivity index (χ2v) is 9.07. The van der Waals surface area contributed by atoms with Crippen LogP contribution >= 0.6 is 0 Å². The van der Waals surface area contributed by atoms with Crippen LogP contribution in [0.15, 0.2) is 91.0 Å². The van der Waals surface area contributed by atoms with E-state index in [-0.39, 0.29) is 0 Å².